The van der Waals surface area contributed by atoms with Crippen molar-refractivity contribution in [3.05, 3.63) is 0 Å². The molecular weight excluding hydrogens is 166 g/mol. The summed E-state index contributed by atoms with van der Waals surface area (Å²) < 4.78 is 5.26. The van der Waals surface area contributed by atoms with E-state index in [-0.39, 0.29) is 12.1 Å². The molecule has 78 valence electrons. The number of ether oxygens (including phenoxy) is 1. The molecule has 2 unspecified atom stereocenters. The van der Waals surface area contributed by atoms with Gasteiger partial charge in [0.15, 0.2) is 0 Å². The maximum absolute atomic E-state index is 9.69. The first-order chi connectivity index (χ1) is 6.04. The standard InChI is InChI=1S/C10H21NO2/c1-7(2)11(8(3)4)9-5-13-6-10(9)12/h7-10,12H,5-6H2,1-4H3. The third-order valence-electron chi connectivity index (χ3n) is 2.60. The lowest BCUT2D eigenvalue weighted by molar-refractivity contribution is 0.0416. The lowest BCUT2D eigenvalue weighted by Crippen LogP contribution is -2.50. The topological polar surface area (TPSA) is 32.7 Å². The average molecular weight is 187 g/mol. The summed E-state index contributed by atoms with van der Waals surface area (Å²) in [4.78, 5) is 2.32. The summed E-state index contributed by atoms with van der Waals surface area (Å²) in [6.45, 7) is 9.78. The minimum absolute atomic E-state index is 0.181. The zero-order valence-corrected chi connectivity index (χ0v) is 9.03. The summed E-state index contributed by atoms with van der Waals surface area (Å²) in [6.07, 6.45) is -0.315. The second-order valence-electron chi connectivity index (χ2n) is 4.31. The summed E-state index contributed by atoms with van der Waals surface area (Å²) in [6, 6.07) is 1.10. The Balaban J connectivity index is 2.63. The fourth-order valence-electron chi connectivity index (χ4n) is 2.18. The van der Waals surface area contributed by atoms with Crippen LogP contribution in [0.4, 0.5) is 0 Å². The van der Waals surface area contributed by atoms with E-state index in [4.69, 9.17) is 4.74 Å². The van der Waals surface area contributed by atoms with Crippen LogP contribution in [0.5, 0.6) is 0 Å². The van der Waals surface area contributed by atoms with E-state index in [0.717, 1.165) is 0 Å². The van der Waals surface area contributed by atoms with Crippen LogP contribution < -0.4 is 0 Å². The Labute approximate surface area is 80.7 Å². The maximum atomic E-state index is 9.69. The second kappa shape index (κ2) is 4.40. The lowest BCUT2D eigenvalue weighted by atomic mass is 10.1. The van der Waals surface area contributed by atoms with Crippen LogP contribution in [0, 0.1) is 0 Å². The highest BCUT2D eigenvalue weighted by Crippen LogP contribution is 2.18. The molecule has 3 heteroatoms. The molecule has 1 rings (SSSR count). The van der Waals surface area contributed by atoms with Crippen LogP contribution in [-0.4, -0.2) is 47.4 Å². The highest BCUT2D eigenvalue weighted by atomic mass is 16.5. The molecule has 0 spiro atoms. The molecule has 1 N–H and O–H groups in total. The molecule has 0 saturated carbocycles. The van der Waals surface area contributed by atoms with Crippen molar-refractivity contribution in [1.29, 1.82) is 0 Å². The fourth-order valence-corrected chi connectivity index (χ4v) is 2.18. The van der Waals surface area contributed by atoms with Gasteiger partial charge in [0.1, 0.15) is 0 Å². The Hall–Kier alpha value is -0.120. The molecule has 0 aliphatic carbocycles. The zero-order valence-electron chi connectivity index (χ0n) is 9.03. The van der Waals surface area contributed by atoms with Gasteiger partial charge in [0.25, 0.3) is 0 Å². The van der Waals surface area contributed by atoms with Crippen molar-refractivity contribution in [2.24, 2.45) is 0 Å². The van der Waals surface area contributed by atoms with E-state index < -0.39 is 0 Å². The van der Waals surface area contributed by atoms with Crippen LogP contribution in [0.1, 0.15) is 27.7 Å². The van der Waals surface area contributed by atoms with Gasteiger partial charge in [-0.1, -0.05) is 0 Å². The molecule has 1 aliphatic heterocycles. The maximum Gasteiger partial charge on any atom is 0.0951 e. The van der Waals surface area contributed by atoms with Crippen molar-refractivity contribution >= 4 is 0 Å². The summed E-state index contributed by atoms with van der Waals surface area (Å²) in [5.74, 6) is 0. The van der Waals surface area contributed by atoms with Crippen molar-refractivity contribution in [2.75, 3.05) is 13.2 Å². The Morgan fingerprint density at radius 2 is 1.69 bits per heavy atom. The van der Waals surface area contributed by atoms with Gasteiger partial charge in [-0.2, -0.15) is 0 Å². The lowest BCUT2D eigenvalue weighted by Gasteiger charge is -2.36. The quantitative estimate of drug-likeness (QED) is 0.711. The van der Waals surface area contributed by atoms with Gasteiger partial charge in [-0.15, -0.1) is 0 Å². The van der Waals surface area contributed by atoms with E-state index in [0.29, 0.717) is 25.3 Å². The van der Waals surface area contributed by atoms with Gasteiger partial charge in [0.05, 0.1) is 25.4 Å². The predicted molar refractivity (Wildman–Crippen MR) is 52.7 cm³/mol. The molecule has 1 saturated heterocycles. The highest BCUT2D eigenvalue weighted by Gasteiger charge is 2.34. The molecule has 0 amide bonds. The number of aliphatic hydroxyl groups excluding tert-OH is 1. The normalized spacial score (nSPS) is 29.5. The van der Waals surface area contributed by atoms with Crippen LogP contribution in [0.3, 0.4) is 0 Å². The Morgan fingerprint density at radius 1 is 1.15 bits per heavy atom. The van der Waals surface area contributed by atoms with E-state index in [2.05, 4.69) is 32.6 Å². The van der Waals surface area contributed by atoms with Crippen LogP contribution in [0.25, 0.3) is 0 Å². The molecule has 0 aromatic rings. The smallest absolute Gasteiger partial charge is 0.0951 e. The predicted octanol–water partition coefficient (Wildman–Crippen LogP) is 0.865. The average Bonchev–Trinajstić information content (AvgIpc) is 2.35. The van der Waals surface area contributed by atoms with Crippen molar-refractivity contribution in [3.8, 4) is 0 Å². The number of hydrogen-bond donors (Lipinski definition) is 1. The van der Waals surface area contributed by atoms with Gasteiger partial charge in [0.2, 0.25) is 0 Å². The summed E-state index contributed by atoms with van der Waals surface area (Å²) in [5.41, 5.74) is 0. The minimum atomic E-state index is -0.315. The summed E-state index contributed by atoms with van der Waals surface area (Å²) in [5, 5.41) is 9.69. The van der Waals surface area contributed by atoms with Crippen LogP contribution in [-0.2, 0) is 4.74 Å². The summed E-state index contributed by atoms with van der Waals surface area (Å²) >= 11 is 0. The number of rotatable bonds is 3. The molecule has 0 aromatic heterocycles. The van der Waals surface area contributed by atoms with E-state index >= 15 is 0 Å². The molecule has 1 heterocycles. The number of hydrogen-bond acceptors (Lipinski definition) is 3. The zero-order chi connectivity index (χ0) is 10.0. The molecule has 3 nitrogen and oxygen atoms in total. The van der Waals surface area contributed by atoms with E-state index in [1.54, 1.807) is 0 Å². The van der Waals surface area contributed by atoms with Crippen LogP contribution in [0.15, 0.2) is 0 Å². The molecule has 1 fully saturated rings. The summed E-state index contributed by atoms with van der Waals surface area (Å²) in [7, 11) is 0. The Kier molecular flexibility index (Phi) is 3.71. The van der Waals surface area contributed by atoms with Crippen molar-refractivity contribution < 1.29 is 9.84 Å². The van der Waals surface area contributed by atoms with Gasteiger partial charge in [0, 0.05) is 12.1 Å². The van der Waals surface area contributed by atoms with Crippen LogP contribution in [0.2, 0.25) is 0 Å². The SMILES string of the molecule is CC(C)N(C(C)C)C1COCC1O. The third-order valence-corrected chi connectivity index (χ3v) is 2.60. The van der Waals surface area contributed by atoms with E-state index in [1.165, 1.54) is 0 Å². The first kappa shape index (κ1) is 11.0. The Bertz CT molecular complexity index is 151. The van der Waals surface area contributed by atoms with E-state index in [1.807, 2.05) is 0 Å². The molecule has 0 radical (unpaired) electrons. The molecule has 0 aromatic carbocycles. The molecule has 1 aliphatic rings. The monoisotopic (exact) mass is 187 g/mol. The van der Waals surface area contributed by atoms with Crippen molar-refractivity contribution in [1.82, 2.24) is 4.90 Å². The first-order valence-electron chi connectivity index (χ1n) is 5.07. The van der Waals surface area contributed by atoms with Gasteiger partial charge in [-0.3, -0.25) is 4.90 Å². The van der Waals surface area contributed by atoms with Crippen LogP contribution >= 0.6 is 0 Å². The van der Waals surface area contributed by atoms with Gasteiger partial charge in [-0.25, -0.2) is 0 Å². The highest BCUT2D eigenvalue weighted by molar-refractivity contribution is 4.86. The Morgan fingerprint density at radius 3 is 2.00 bits per heavy atom. The molecule has 2 atom stereocenters. The van der Waals surface area contributed by atoms with E-state index in [9.17, 15) is 5.11 Å². The minimum Gasteiger partial charge on any atom is -0.389 e. The fraction of sp³-hybridized carbons (Fsp3) is 1.00. The van der Waals surface area contributed by atoms with Gasteiger partial charge >= 0.3 is 0 Å². The van der Waals surface area contributed by atoms with Crippen molar-refractivity contribution in [2.45, 2.75) is 51.9 Å². The molecular formula is C10H21NO2. The van der Waals surface area contributed by atoms with Crippen molar-refractivity contribution in [3.63, 3.8) is 0 Å². The van der Waals surface area contributed by atoms with Gasteiger partial charge in [-0.05, 0) is 27.7 Å². The number of nitrogens with zero attached hydrogens (tertiary/aromatic N) is 1. The van der Waals surface area contributed by atoms with Gasteiger partial charge < -0.3 is 9.84 Å². The number of aliphatic hydroxyl groups is 1. The molecule has 13 heavy (non-hydrogen) atoms. The third kappa shape index (κ3) is 2.42. The largest absolute Gasteiger partial charge is 0.389 e. The molecule has 0 bridgehead atoms. The second-order valence-corrected chi connectivity index (χ2v) is 4.31. The first-order valence-corrected chi connectivity index (χ1v) is 5.07.